The van der Waals surface area contributed by atoms with Crippen LogP contribution >= 0.6 is 11.8 Å². The van der Waals surface area contributed by atoms with Gasteiger partial charge in [0.15, 0.2) is 0 Å². The van der Waals surface area contributed by atoms with Crippen LogP contribution in [0, 0.1) is 0 Å². The third-order valence-corrected chi connectivity index (χ3v) is 3.41. The average Bonchev–Trinajstić information content (AvgIpc) is 2.34. The Kier molecular flexibility index (Phi) is 5.72. The van der Waals surface area contributed by atoms with Crippen LogP contribution in [0.1, 0.15) is 37.0 Å². The fourth-order valence-electron chi connectivity index (χ4n) is 1.57. The fourth-order valence-corrected chi connectivity index (χ4v) is 2.11. The summed E-state index contributed by atoms with van der Waals surface area (Å²) >= 11 is -0.188. The van der Waals surface area contributed by atoms with Crippen LogP contribution in [-0.4, -0.2) is 17.5 Å². The number of thioether (sulfide) groups is 1. The van der Waals surface area contributed by atoms with Crippen molar-refractivity contribution < 1.29 is 18.0 Å². The molecule has 19 heavy (non-hydrogen) atoms. The summed E-state index contributed by atoms with van der Waals surface area (Å²) in [4.78, 5) is 11.9. The maximum absolute atomic E-state index is 12.1. The van der Waals surface area contributed by atoms with Gasteiger partial charge in [0.05, 0.1) is 0 Å². The first-order valence-corrected chi connectivity index (χ1v) is 6.84. The predicted octanol–water partition coefficient (Wildman–Crippen LogP) is 4.22. The van der Waals surface area contributed by atoms with Crippen LogP contribution in [0.15, 0.2) is 29.2 Å². The molecule has 0 radical (unpaired) electrons. The molecule has 0 aliphatic heterocycles. The minimum Gasteiger partial charge on any atom is -0.349 e. The fraction of sp³-hybridized carbons (Fsp3) is 0.462. The molecule has 106 valence electrons. The van der Waals surface area contributed by atoms with Gasteiger partial charge in [0.25, 0.3) is 5.91 Å². The maximum atomic E-state index is 12.1. The monoisotopic (exact) mass is 291 g/mol. The van der Waals surface area contributed by atoms with E-state index in [4.69, 9.17) is 0 Å². The molecule has 0 heterocycles. The first-order chi connectivity index (χ1) is 8.85. The number of benzene rings is 1. The van der Waals surface area contributed by atoms with E-state index in [-0.39, 0.29) is 28.6 Å². The van der Waals surface area contributed by atoms with Crippen LogP contribution in [0.25, 0.3) is 0 Å². The van der Waals surface area contributed by atoms with Crippen LogP contribution in [0.2, 0.25) is 0 Å². The van der Waals surface area contributed by atoms with Gasteiger partial charge >= 0.3 is 5.51 Å². The SMILES string of the molecule is CCC(CC)NC(=O)c1ccc(SC(F)(F)F)cc1. The maximum Gasteiger partial charge on any atom is 0.446 e. The average molecular weight is 291 g/mol. The Balaban J connectivity index is 2.68. The number of nitrogens with one attached hydrogen (secondary N) is 1. The lowest BCUT2D eigenvalue weighted by Crippen LogP contribution is -2.33. The number of carbonyl (C=O) groups is 1. The van der Waals surface area contributed by atoms with Crippen LogP contribution in [-0.2, 0) is 0 Å². The van der Waals surface area contributed by atoms with E-state index in [1.807, 2.05) is 13.8 Å². The van der Waals surface area contributed by atoms with Crippen molar-refractivity contribution in [2.75, 3.05) is 0 Å². The topological polar surface area (TPSA) is 29.1 Å². The molecule has 2 nitrogen and oxygen atoms in total. The Morgan fingerprint density at radius 3 is 2.16 bits per heavy atom. The van der Waals surface area contributed by atoms with Crippen molar-refractivity contribution in [1.29, 1.82) is 0 Å². The summed E-state index contributed by atoms with van der Waals surface area (Å²) in [6, 6.07) is 5.52. The first kappa shape index (κ1) is 15.9. The highest BCUT2D eigenvalue weighted by atomic mass is 32.2. The third-order valence-electron chi connectivity index (χ3n) is 2.67. The molecule has 0 aromatic heterocycles. The molecule has 0 spiro atoms. The molecule has 1 amide bonds. The van der Waals surface area contributed by atoms with Gasteiger partial charge in [-0.2, -0.15) is 13.2 Å². The molecular weight excluding hydrogens is 275 g/mol. The highest BCUT2D eigenvalue weighted by Gasteiger charge is 2.29. The van der Waals surface area contributed by atoms with Gasteiger partial charge in [-0.1, -0.05) is 13.8 Å². The summed E-state index contributed by atoms with van der Waals surface area (Å²) in [5.74, 6) is -0.253. The Hall–Kier alpha value is -1.17. The van der Waals surface area contributed by atoms with Gasteiger partial charge < -0.3 is 5.32 Å². The summed E-state index contributed by atoms with van der Waals surface area (Å²) in [5, 5.41) is 2.83. The zero-order chi connectivity index (χ0) is 14.5. The van der Waals surface area contributed by atoms with Gasteiger partial charge in [-0.3, -0.25) is 4.79 Å². The number of carbonyl (C=O) groups excluding carboxylic acids is 1. The summed E-state index contributed by atoms with van der Waals surface area (Å²) < 4.78 is 36.4. The van der Waals surface area contributed by atoms with E-state index in [2.05, 4.69) is 5.32 Å². The zero-order valence-electron chi connectivity index (χ0n) is 10.8. The summed E-state index contributed by atoms with van der Waals surface area (Å²) in [7, 11) is 0. The number of alkyl halides is 3. The van der Waals surface area contributed by atoms with Crippen molar-refractivity contribution in [1.82, 2.24) is 5.32 Å². The van der Waals surface area contributed by atoms with Crippen LogP contribution in [0.3, 0.4) is 0 Å². The smallest absolute Gasteiger partial charge is 0.349 e. The zero-order valence-corrected chi connectivity index (χ0v) is 11.6. The molecular formula is C13H16F3NOS. The van der Waals surface area contributed by atoms with Gasteiger partial charge in [0.2, 0.25) is 0 Å². The van der Waals surface area contributed by atoms with E-state index < -0.39 is 5.51 Å². The normalized spacial score (nSPS) is 11.7. The molecule has 0 atom stereocenters. The van der Waals surface area contributed by atoms with E-state index in [1.165, 1.54) is 24.3 Å². The van der Waals surface area contributed by atoms with Crippen LogP contribution in [0.5, 0.6) is 0 Å². The van der Waals surface area contributed by atoms with Crippen molar-refractivity contribution in [2.24, 2.45) is 0 Å². The highest BCUT2D eigenvalue weighted by Crippen LogP contribution is 2.36. The lowest BCUT2D eigenvalue weighted by molar-refractivity contribution is -0.0328. The summed E-state index contributed by atoms with van der Waals surface area (Å²) in [5.41, 5.74) is -3.93. The number of hydrogen-bond acceptors (Lipinski definition) is 2. The number of amides is 1. The second-order valence-corrected chi connectivity index (χ2v) is 5.20. The molecule has 1 N–H and O–H groups in total. The van der Waals surface area contributed by atoms with Gasteiger partial charge in [-0.25, -0.2) is 0 Å². The Labute approximate surface area is 114 Å². The minimum absolute atomic E-state index is 0.0755. The molecule has 0 fully saturated rings. The molecule has 0 aliphatic rings. The highest BCUT2D eigenvalue weighted by molar-refractivity contribution is 8.00. The quantitative estimate of drug-likeness (QED) is 0.823. The Morgan fingerprint density at radius 1 is 1.21 bits per heavy atom. The Bertz CT molecular complexity index is 413. The molecule has 1 rings (SSSR count). The van der Waals surface area contributed by atoms with Crippen molar-refractivity contribution in [3.63, 3.8) is 0 Å². The summed E-state index contributed by atoms with van der Waals surface area (Å²) in [6.07, 6.45) is 1.65. The van der Waals surface area contributed by atoms with Crippen molar-refractivity contribution in [3.8, 4) is 0 Å². The summed E-state index contributed by atoms with van der Waals surface area (Å²) in [6.45, 7) is 3.94. The second kappa shape index (κ2) is 6.84. The number of hydrogen-bond donors (Lipinski definition) is 1. The van der Waals surface area contributed by atoms with Crippen molar-refractivity contribution >= 4 is 17.7 Å². The minimum atomic E-state index is -4.31. The van der Waals surface area contributed by atoms with E-state index >= 15 is 0 Å². The molecule has 0 saturated carbocycles. The second-order valence-electron chi connectivity index (χ2n) is 4.06. The molecule has 6 heteroatoms. The van der Waals surface area contributed by atoms with E-state index in [0.29, 0.717) is 5.56 Å². The molecule has 1 aromatic carbocycles. The molecule has 0 bridgehead atoms. The predicted molar refractivity (Wildman–Crippen MR) is 70.2 cm³/mol. The van der Waals surface area contributed by atoms with E-state index in [1.54, 1.807) is 0 Å². The van der Waals surface area contributed by atoms with Crippen molar-refractivity contribution in [3.05, 3.63) is 29.8 Å². The Morgan fingerprint density at radius 2 is 1.74 bits per heavy atom. The van der Waals surface area contributed by atoms with Gasteiger partial charge in [-0.05, 0) is 48.9 Å². The standard InChI is InChI=1S/C13H16F3NOS/c1-3-10(4-2)17-12(18)9-5-7-11(8-6-9)19-13(14,15)16/h5-8,10H,3-4H2,1-2H3,(H,17,18). The number of halogens is 3. The van der Waals surface area contributed by atoms with Crippen molar-refractivity contribution in [2.45, 2.75) is 43.1 Å². The number of rotatable bonds is 5. The molecule has 0 saturated heterocycles. The lowest BCUT2D eigenvalue weighted by Gasteiger charge is -2.14. The molecule has 1 aromatic rings. The first-order valence-electron chi connectivity index (χ1n) is 6.02. The van der Waals surface area contributed by atoms with Crippen LogP contribution in [0.4, 0.5) is 13.2 Å². The van der Waals surface area contributed by atoms with Gasteiger partial charge in [-0.15, -0.1) is 0 Å². The van der Waals surface area contributed by atoms with Crippen LogP contribution < -0.4 is 5.32 Å². The van der Waals surface area contributed by atoms with Gasteiger partial charge in [0.1, 0.15) is 0 Å². The molecule has 0 unspecified atom stereocenters. The van der Waals surface area contributed by atoms with E-state index in [9.17, 15) is 18.0 Å². The van der Waals surface area contributed by atoms with E-state index in [0.717, 1.165) is 12.8 Å². The van der Waals surface area contributed by atoms with Gasteiger partial charge in [0, 0.05) is 16.5 Å². The lowest BCUT2D eigenvalue weighted by atomic mass is 10.1. The largest absolute Gasteiger partial charge is 0.446 e. The molecule has 0 aliphatic carbocycles. The third kappa shape index (κ3) is 5.55.